The zero-order valence-corrected chi connectivity index (χ0v) is 11.6. The third-order valence-electron chi connectivity index (χ3n) is 3.37. The SMILES string of the molecule is ClCCCc1cn2ncc(CC3CC3)c2nc1Cl. The summed E-state index contributed by atoms with van der Waals surface area (Å²) in [5.41, 5.74) is 3.13. The number of hydrogen-bond donors (Lipinski definition) is 0. The summed E-state index contributed by atoms with van der Waals surface area (Å²) in [5, 5.41) is 4.96. The lowest BCUT2D eigenvalue weighted by molar-refractivity contribution is 0.834. The topological polar surface area (TPSA) is 30.2 Å². The molecule has 3 nitrogen and oxygen atoms in total. The highest BCUT2D eigenvalue weighted by Gasteiger charge is 2.23. The van der Waals surface area contributed by atoms with Gasteiger partial charge in [0, 0.05) is 23.2 Å². The third-order valence-corrected chi connectivity index (χ3v) is 3.97. The van der Waals surface area contributed by atoms with E-state index < -0.39 is 0 Å². The summed E-state index contributed by atoms with van der Waals surface area (Å²) in [6, 6.07) is 0. The van der Waals surface area contributed by atoms with Crippen LogP contribution in [0.15, 0.2) is 12.4 Å². The molecule has 1 aliphatic rings. The zero-order valence-electron chi connectivity index (χ0n) is 10.1. The molecule has 0 radical (unpaired) electrons. The van der Waals surface area contributed by atoms with Crippen molar-refractivity contribution in [3.63, 3.8) is 0 Å². The molecule has 2 aromatic rings. The molecule has 1 fully saturated rings. The van der Waals surface area contributed by atoms with Gasteiger partial charge < -0.3 is 0 Å². The van der Waals surface area contributed by atoms with Gasteiger partial charge in [0.1, 0.15) is 5.15 Å². The second-order valence-corrected chi connectivity index (χ2v) is 5.67. The summed E-state index contributed by atoms with van der Waals surface area (Å²) in [4.78, 5) is 4.49. The molecule has 3 rings (SSSR count). The van der Waals surface area contributed by atoms with E-state index in [0.717, 1.165) is 36.4 Å². The Morgan fingerprint density at radius 2 is 2.17 bits per heavy atom. The van der Waals surface area contributed by atoms with Gasteiger partial charge in [0.15, 0.2) is 5.65 Å². The maximum atomic E-state index is 6.22. The van der Waals surface area contributed by atoms with E-state index in [1.807, 2.05) is 16.9 Å². The van der Waals surface area contributed by atoms with Crippen molar-refractivity contribution in [1.29, 1.82) is 0 Å². The number of fused-ring (bicyclic) bond motifs is 1. The largest absolute Gasteiger partial charge is 0.222 e. The van der Waals surface area contributed by atoms with Crippen LogP contribution in [0.2, 0.25) is 5.15 Å². The molecule has 1 aliphatic carbocycles. The van der Waals surface area contributed by atoms with E-state index in [9.17, 15) is 0 Å². The van der Waals surface area contributed by atoms with Crippen molar-refractivity contribution in [2.75, 3.05) is 5.88 Å². The molecule has 0 aliphatic heterocycles. The van der Waals surface area contributed by atoms with Crippen molar-refractivity contribution in [3.05, 3.63) is 28.7 Å². The van der Waals surface area contributed by atoms with Gasteiger partial charge in [-0.15, -0.1) is 11.6 Å². The minimum atomic E-state index is 0.588. The van der Waals surface area contributed by atoms with Crippen molar-refractivity contribution in [2.24, 2.45) is 5.92 Å². The first kappa shape index (κ1) is 12.2. The van der Waals surface area contributed by atoms with Crippen molar-refractivity contribution in [2.45, 2.75) is 32.1 Å². The van der Waals surface area contributed by atoms with Crippen LogP contribution in [0.1, 0.15) is 30.4 Å². The standard InChI is InChI=1S/C13H15Cl2N3/c14-5-1-2-10-8-18-13(17-12(10)15)11(7-16-18)6-9-3-4-9/h7-9H,1-6H2. The summed E-state index contributed by atoms with van der Waals surface area (Å²) in [6.07, 6.45) is 9.40. The van der Waals surface area contributed by atoms with Gasteiger partial charge in [0.25, 0.3) is 0 Å². The molecule has 0 saturated heterocycles. The first-order valence-electron chi connectivity index (χ1n) is 6.35. The first-order chi connectivity index (χ1) is 8.78. The Bertz CT molecular complexity index is 561. The number of rotatable bonds is 5. The maximum absolute atomic E-state index is 6.22. The van der Waals surface area contributed by atoms with Crippen molar-refractivity contribution in [3.8, 4) is 0 Å². The fourth-order valence-corrected chi connectivity index (χ4v) is 2.53. The van der Waals surface area contributed by atoms with E-state index in [0.29, 0.717) is 11.0 Å². The smallest absolute Gasteiger partial charge is 0.159 e. The number of aromatic nitrogens is 3. The highest BCUT2D eigenvalue weighted by Crippen LogP contribution is 2.33. The van der Waals surface area contributed by atoms with Crippen LogP contribution in [0.5, 0.6) is 0 Å². The molecule has 0 aromatic carbocycles. The van der Waals surface area contributed by atoms with E-state index in [2.05, 4.69) is 10.1 Å². The maximum Gasteiger partial charge on any atom is 0.159 e. The molecule has 0 unspecified atom stereocenters. The van der Waals surface area contributed by atoms with Crippen LogP contribution in [-0.2, 0) is 12.8 Å². The van der Waals surface area contributed by atoms with Crippen LogP contribution in [-0.4, -0.2) is 20.5 Å². The molecule has 96 valence electrons. The molecular formula is C13H15Cl2N3. The summed E-state index contributed by atoms with van der Waals surface area (Å²) in [7, 11) is 0. The van der Waals surface area contributed by atoms with Crippen molar-refractivity contribution < 1.29 is 0 Å². The highest BCUT2D eigenvalue weighted by atomic mass is 35.5. The molecule has 2 aromatic heterocycles. The Morgan fingerprint density at radius 3 is 2.89 bits per heavy atom. The first-order valence-corrected chi connectivity index (χ1v) is 7.27. The van der Waals surface area contributed by atoms with Gasteiger partial charge >= 0.3 is 0 Å². The summed E-state index contributed by atoms with van der Waals surface area (Å²) < 4.78 is 1.84. The lowest BCUT2D eigenvalue weighted by Crippen LogP contribution is -1.99. The van der Waals surface area contributed by atoms with Crippen LogP contribution >= 0.6 is 23.2 Å². The Morgan fingerprint density at radius 1 is 1.33 bits per heavy atom. The van der Waals surface area contributed by atoms with E-state index in [4.69, 9.17) is 23.2 Å². The normalized spacial score (nSPS) is 15.4. The monoisotopic (exact) mass is 283 g/mol. The predicted molar refractivity (Wildman–Crippen MR) is 73.5 cm³/mol. The zero-order chi connectivity index (χ0) is 12.5. The fraction of sp³-hybridized carbons (Fsp3) is 0.538. The van der Waals surface area contributed by atoms with E-state index in [1.165, 1.54) is 18.4 Å². The summed E-state index contributed by atoms with van der Waals surface area (Å²) in [5.74, 6) is 1.47. The molecule has 5 heteroatoms. The van der Waals surface area contributed by atoms with Crippen LogP contribution < -0.4 is 0 Å². The lowest BCUT2D eigenvalue weighted by Gasteiger charge is -2.04. The van der Waals surface area contributed by atoms with Crippen LogP contribution in [0, 0.1) is 5.92 Å². The summed E-state index contributed by atoms with van der Waals surface area (Å²) >= 11 is 11.9. The molecule has 0 N–H and O–H groups in total. The number of hydrogen-bond acceptors (Lipinski definition) is 2. The van der Waals surface area contributed by atoms with Gasteiger partial charge in [-0.2, -0.15) is 5.10 Å². The van der Waals surface area contributed by atoms with E-state index >= 15 is 0 Å². The molecule has 0 bridgehead atoms. The quantitative estimate of drug-likeness (QED) is 0.621. The number of nitrogens with zero attached hydrogens (tertiary/aromatic N) is 3. The van der Waals surface area contributed by atoms with Crippen LogP contribution in [0.3, 0.4) is 0 Å². The second kappa shape index (κ2) is 5.06. The van der Waals surface area contributed by atoms with Crippen LogP contribution in [0.4, 0.5) is 0 Å². The molecule has 1 saturated carbocycles. The molecule has 0 amide bonds. The van der Waals surface area contributed by atoms with Gasteiger partial charge in [0.2, 0.25) is 0 Å². The number of alkyl halides is 1. The Hall–Kier alpha value is -0.800. The minimum absolute atomic E-state index is 0.588. The molecular weight excluding hydrogens is 269 g/mol. The van der Waals surface area contributed by atoms with E-state index in [-0.39, 0.29) is 0 Å². The van der Waals surface area contributed by atoms with Gasteiger partial charge in [-0.3, -0.25) is 0 Å². The Kier molecular flexibility index (Phi) is 3.44. The average Bonchev–Trinajstić information content (AvgIpc) is 3.10. The highest BCUT2D eigenvalue weighted by molar-refractivity contribution is 6.30. The Labute approximate surface area is 116 Å². The molecule has 0 spiro atoms. The predicted octanol–water partition coefficient (Wildman–Crippen LogP) is 3.51. The van der Waals surface area contributed by atoms with Gasteiger partial charge in [-0.05, 0) is 38.0 Å². The van der Waals surface area contributed by atoms with Gasteiger partial charge in [-0.1, -0.05) is 11.6 Å². The van der Waals surface area contributed by atoms with Crippen molar-refractivity contribution in [1.82, 2.24) is 14.6 Å². The summed E-state index contributed by atoms with van der Waals surface area (Å²) in [6.45, 7) is 0. The Balaban J connectivity index is 1.92. The van der Waals surface area contributed by atoms with Crippen LogP contribution in [0.25, 0.3) is 5.65 Å². The van der Waals surface area contributed by atoms with Gasteiger partial charge in [0.05, 0.1) is 6.20 Å². The minimum Gasteiger partial charge on any atom is -0.222 e. The number of halogens is 2. The van der Waals surface area contributed by atoms with E-state index in [1.54, 1.807) is 0 Å². The average molecular weight is 284 g/mol. The molecule has 2 heterocycles. The fourth-order valence-electron chi connectivity index (χ4n) is 2.18. The van der Waals surface area contributed by atoms with Crippen molar-refractivity contribution >= 4 is 28.8 Å². The number of aryl methyl sites for hydroxylation is 1. The van der Waals surface area contributed by atoms with Gasteiger partial charge in [-0.25, -0.2) is 9.50 Å². The second-order valence-electron chi connectivity index (χ2n) is 4.93. The molecule has 0 atom stereocenters. The third kappa shape index (κ3) is 2.47. The molecule has 18 heavy (non-hydrogen) atoms. The lowest BCUT2D eigenvalue weighted by atomic mass is 10.1.